The Balaban J connectivity index is 1.98. The van der Waals surface area contributed by atoms with E-state index in [9.17, 15) is 14.5 Å². The number of aromatic amines is 1. The Bertz CT molecular complexity index is 542. The highest BCUT2D eigenvalue weighted by Crippen LogP contribution is 2.19. The molecule has 1 heterocycles. The van der Waals surface area contributed by atoms with Gasteiger partial charge in [0.15, 0.2) is 0 Å². The lowest BCUT2D eigenvalue weighted by atomic mass is 10.2. The first-order valence-electron chi connectivity index (χ1n) is 5.31. The highest BCUT2D eigenvalue weighted by atomic mass is 19.1. The lowest BCUT2D eigenvalue weighted by molar-refractivity contribution is -0.385. The minimum Gasteiger partial charge on any atom is -0.384 e. The van der Waals surface area contributed by atoms with Crippen molar-refractivity contribution in [2.45, 2.75) is 6.42 Å². The predicted molar refractivity (Wildman–Crippen MR) is 63.8 cm³/mol. The summed E-state index contributed by atoms with van der Waals surface area (Å²) in [7, 11) is 0. The molecule has 0 aliphatic heterocycles. The number of H-pyrrole nitrogens is 1. The van der Waals surface area contributed by atoms with E-state index in [0.29, 0.717) is 18.7 Å². The van der Waals surface area contributed by atoms with Crippen molar-refractivity contribution in [3.63, 3.8) is 0 Å². The van der Waals surface area contributed by atoms with Gasteiger partial charge in [0, 0.05) is 36.6 Å². The molecule has 0 radical (unpaired) electrons. The summed E-state index contributed by atoms with van der Waals surface area (Å²) in [6, 6.07) is 3.41. The van der Waals surface area contributed by atoms with Gasteiger partial charge in [0.1, 0.15) is 5.82 Å². The van der Waals surface area contributed by atoms with Crippen molar-refractivity contribution in [3.05, 3.63) is 52.3 Å². The topological polar surface area (TPSA) is 83.8 Å². The lowest BCUT2D eigenvalue weighted by Gasteiger charge is -2.05. The SMILES string of the molecule is O=[N+]([O-])c1cc(F)cc(NCCc2cnc[nH]2)c1. The minimum absolute atomic E-state index is 0.265. The van der Waals surface area contributed by atoms with Crippen LogP contribution in [0.5, 0.6) is 0 Å². The van der Waals surface area contributed by atoms with Crippen molar-refractivity contribution < 1.29 is 9.31 Å². The molecule has 0 atom stereocenters. The molecule has 0 bridgehead atoms. The molecule has 0 spiro atoms. The van der Waals surface area contributed by atoms with Crippen LogP contribution in [0, 0.1) is 15.9 Å². The summed E-state index contributed by atoms with van der Waals surface area (Å²) in [5.41, 5.74) is 1.06. The number of halogens is 1. The fourth-order valence-electron chi connectivity index (χ4n) is 1.54. The van der Waals surface area contributed by atoms with Gasteiger partial charge >= 0.3 is 0 Å². The summed E-state index contributed by atoms with van der Waals surface area (Å²) in [5, 5.41) is 13.5. The van der Waals surface area contributed by atoms with E-state index in [1.165, 1.54) is 12.1 Å². The summed E-state index contributed by atoms with van der Waals surface area (Å²) < 4.78 is 13.1. The number of nitrogens with zero attached hydrogens (tertiary/aromatic N) is 2. The molecular formula is C11H11FN4O2. The highest BCUT2D eigenvalue weighted by Gasteiger charge is 2.09. The van der Waals surface area contributed by atoms with E-state index in [-0.39, 0.29) is 5.69 Å². The van der Waals surface area contributed by atoms with Crippen molar-refractivity contribution in [1.29, 1.82) is 0 Å². The van der Waals surface area contributed by atoms with Gasteiger partial charge in [0.05, 0.1) is 17.3 Å². The third kappa shape index (κ3) is 3.03. The van der Waals surface area contributed by atoms with Crippen LogP contribution in [0.25, 0.3) is 0 Å². The van der Waals surface area contributed by atoms with Crippen LogP contribution in [0.1, 0.15) is 5.69 Å². The monoisotopic (exact) mass is 250 g/mol. The fraction of sp³-hybridized carbons (Fsp3) is 0.182. The quantitative estimate of drug-likeness (QED) is 0.628. The second-order valence-electron chi connectivity index (χ2n) is 3.71. The zero-order chi connectivity index (χ0) is 13.0. The molecule has 1 aromatic heterocycles. The van der Waals surface area contributed by atoms with Crippen LogP contribution in [0.3, 0.4) is 0 Å². The standard InChI is InChI=1S/C11H11FN4O2/c12-8-3-10(5-11(4-8)16(17)18)14-2-1-9-6-13-7-15-9/h3-7,14H,1-2H2,(H,13,15). The Kier molecular flexibility index (Phi) is 3.52. The highest BCUT2D eigenvalue weighted by molar-refractivity contribution is 5.51. The Morgan fingerprint density at radius 2 is 2.28 bits per heavy atom. The van der Waals surface area contributed by atoms with Crippen molar-refractivity contribution in [2.75, 3.05) is 11.9 Å². The van der Waals surface area contributed by atoms with Gasteiger partial charge in [0.25, 0.3) is 5.69 Å². The molecule has 0 aliphatic rings. The van der Waals surface area contributed by atoms with Crippen molar-refractivity contribution in [2.24, 2.45) is 0 Å². The number of anilines is 1. The minimum atomic E-state index is -0.631. The Hall–Kier alpha value is -2.44. The normalized spacial score (nSPS) is 10.3. The van der Waals surface area contributed by atoms with E-state index in [1.807, 2.05) is 0 Å². The number of nitro groups is 1. The Morgan fingerprint density at radius 3 is 2.94 bits per heavy atom. The van der Waals surface area contributed by atoms with E-state index in [4.69, 9.17) is 0 Å². The largest absolute Gasteiger partial charge is 0.384 e. The van der Waals surface area contributed by atoms with E-state index < -0.39 is 10.7 Å². The third-order valence-corrected chi connectivity index (χ3v) is 2.37. The van der Waals surface area contributed by atoms with E-state index >= 15 is 0 Å². The van der Waals surface area contributed by atoms with E-state index in [0.717, 1.165) is 11.8 Å². The van der Waals surface area contributed by atoms with Crippen LogP contribution >= 0.6 is 0 Å². The van der Waals surface area contributed by atoms with Crippen LogP contribution < -0.4 is 5.32 Å². The van der Waals surface area contributed by atoms with Crippen LogP contribution in [0.15, 0.2) is 30.7 Å². The van der Waals surface area contributed by atoms with Gasteiger partial charge in [0.2, 0.25) is 0 Å². The molecule has 2 N–H and O–H groups in total. The Labute approximate surface area is 102 Å². The molecule has 18 heavy (non-hydrogen) atoms. The number of aromatic nitrogens is 2. The molecule has 0 aliphatic carbocycles. The van der Waals surface area contributed by atoms with Crippen molar-refractivity contribution in [3.8, 4) is 0 Å². The van der Waals surface area contributed by atoms with Gasteiger partial charge in [-0.05, 0) is 6.07 Å². The molecule has 7 heteroatoms. The lowest BCUT2D eigenvalue weighted by Crippen LogP contribution is -2.05. The number of benzene rings is 1. The summed E-state index contributed by atoms with van der Waals surface area (Å²) in [4.78, 5) is 16.7. The number of rotatable bonds is 5. The first-order chi connectivity index (χ1) is 8.65. The molecule has 2 rings (SSSR count). The van der Waals surface area contributed by atoms with Gasteiger partial charge < -0.3 is 10.3 Å². The average Bonchev–Trinajstić information content (AvgIpc) is 2.81. The second-order valence-corrected chi connectivity index (χ2v) is 3.71. The maximum absolute atomic E-state index is 13.1. The molecule has 2 aromatic rings. The zero-order valence-electron chi connectivity index (χ0n) is 9.39. The van der Waals surface area contributed by atoms with Crippen LogP contribution in [-0.2, 0) is 6.42 Å². The van der Waals surface area contributed by atoms with Crippen molar-refractivity contribution in [1.82, 2.24) is 9.97 Å². The number of nitro benzene ring substituents is 1. The molecular weight excluding hydrogens is 239 g/mol. The Morgan fingerprint density at radius 1 is 1.44 bits per heavy atom. The predicted octanol–water partition coefficient (Wildman–Crippen LogP) is 2.11. The number of non-ortho nitro benzene ring substituents is 1. The molecule has 0 fully saturated rings. The van der Waals surface area contributed by atoms with Gasteiger partial charge in [-0.3, -0.25) is 10.1 Å². The first kappa shape index (κ1) is 12.0. The molecule has 1 aromatic carbocycles. The third-order valence-electron chi connectivity index (χ3n) is 2.37. The zero-order valence-corrected chi connectivity index (χ0v) is 9.39. The first-order valence-corrected chi connectivity index (χ1v) is 5.31. The molecule has 94 valence electrons. The second kappa shape index (κ2) is 5.26. The van der Waals surface area contributed by atoms with Crippen LogP contribution in [-0.4, -0.2) is 21.4 Å². The number of hydrogen-bond acceptors (Lipinski definition) is 4. The molecule has 6 nitrogen and oxygen atoms in total. The summed E-state index contributed by atoms with van der Waals surface area (Å²) in [6.45, 7) is 0.531. The van der Waals surface area contributed by atoms with Gasteiger partial charge in [-0.15, -0.1) is 0 Å². The maximum Gasteiger partial charge on any atom is 0.274 e. The molecule has 0 unspecified atom stereocenters. The number of nitrogens with one attached hydrogen (secondary N) is 2. The van der Waals surface area contributed by atoms with E-state index in [1.54, 1.807) is 12.5 Å². The molecule has 0 saturated heterocycles. The number of imidazole rings is 1. The van der Waals surface area contributed by atoms with Gasteiger partial charge in [-0.1, -0.05) is 0 Å². The van der Waals surface area contributed by atoms with Crippen molar-refractivity contribution >= 4 is 11.4 Å². The summed E-state index contributed by atoms with van der Waals surface area (Å²) >= 11 is 0. The summed E-state index contributed by atoms with van der Waals surface area (Å²) in [6.07, 6.45) is 3.93. The number of hydrogen-bond donors (Lipinski definition) is 2. The summed E-state index contributed by atoms with van der Waals surface area (Å²) in [5.74, 6) is -0.631. The fourth-order valence-corrected chi connectivity index (χ4v) is 1.54. The van der Waals surface area contributed by atoms with Gasteiger partial charge in [-0.25, -0.2) is 9.37 Å². The molecule has 0 amide bonds. The van der Waals surface area contributed by atoms with Crippen LogP contribution in [0.4, 0.5) is 15.8 Å². The van der Waals surface area contributed by atoms with E-state index in [2.05, 4.69) is 15.3 Å². The average molecular weight is 250 g/mol. The van der Waals surface area contributed by atoms with Crippen LogP contribution in [0.2, 0.25) is 0 Å². The smallest absolute Gasteiger partial charge is 0.274 e. The van der Waals surface area contributed by atoms with Gasteiger partial charge in [-0.2, -0.15) is 0 Å². The maximum atomic E-state index is 13.1. The molecule has 0 saturated carbocycles.